The van der Waals surface area contributed by atoms with Gasteiger partial charge in [-0.1, -0.05) is 26.0 Å². The molecule has 6 atom stereocenters. The Hall–Kier alpha value is -1.68. The molecule has 2 N–H and O–H groups in total. The minimum Gasteiger partial charge on any atom is -0.469 e. The smallest absolute Gasteiger partial charge is 0.305 e. The number of hydrogen-bond donors (Lipinski definition) is 1. The van der Waals surface area contributed by atoms with Crippen LogP contribution in [0.25, 0.3) is 5.57 Å². The number of carbonyl (C=O) groups is 1. The molecule has 4 nitrogen and oxygen atoms in total. The lowest BCUT2D eigenvalue weighted by atomic mass is 9.46. The molecule has 29 heavy (non-hydrogen) atoms. The molecule has 2 fully saturated rings. The zero-order valence-electron chi connectivity index (χ0n) is 18.2. The van der Waals surface area contributed by atoms with E-state index in [-0.39, 0.29) is 16.8 Å². The van der Waals surface area contributed by atoms with E-state index in [2.05, 4.69) is 37.0 Å². The minimum absolute atomic E-state index is 0.0706. The van der Waals surface area contributed by atoms with Crippen LogP contribution in [0.2, 0.25) is 0 Å². The number of nitrogens with two attached hydrogens (primary N) is 1. The lowest BCUT2D eigenvalue weighted by Crippen LogP contribution is -2.52. The maximum Gasteiger partial charge on any atom is 0.305 e. The SMILES string of the molecule is COC(=O)CC1CCC2C3CC=C(c4cccnc4)C3(C)CCC2C1(C)CCN. The molecule has 158 valence electrons. The van der Waals surface area contributed by atoms with Crippen molar-refractivity contribution in [3.8, 4) is 0 Å². The number of fused-ring (bicyclic) bond motifs is 3. The summed E-state index contributed by atoms with van der Waals surface area (Å²) in [5, 5.41) is 0. The van der Waals surface area contributed by atoms with Crippen LogP contribution < -0.4 is 5.73 Å². The molecule has 0 aliphatic heterocycles. The second-order valence-corrected chi connectivity index (χ2v) is 10.0. The number of esters is 1. The van der Waals surface area contributed by atoms with Gasteiger partial charge in [-0.05, 0) is 96.8 Å². The van der Waals surface area contributed by atoms with E-state index in [9.17, 15) is 4.79 Å². The summed E-state index contributed by atoms with van der Waals surface area (Å²) in [5.41, 5.74) is 9.26. The van der Waals surface area contributed by atoms with Gasteiger partial charge < -0.3 is 10.5 Å². The monoisotopic (exact) mass is 396 g/mol. The zero-order valence-corrected chi connectivity index (χ0v) is 18.2. The molecular weight excluding hydrogens is 360 g/mol. The second-order valence-electron chi connectivity index (χ2n) is 10.0. The van der Waals surface area contributed by atoms with Gasteiger partial charge in [0.15, 0.2) is 0 Å². The van der Waals surface area contributed by atoms with E-state index >= 15 is 0 Å². The van der Waals surface area contributed by atoms with Gasteiger partial charge >= 0.3 is 5.97 Å². The molecule has 4 rings (SSSR count). The minimum atomic E-state index is -0.0706. The molecule has 1 heterocycles. The first-order valence-corrected chi connectivity index (χ1v) is 11.3. The van der Waals surface area contributed by atoms with Gasteiger partial charge in [-0.2, -0.15) is 0 Å². The molecular formula is C25H36N2O2. The highest BCUT2D eigenvalue weighted by Gasteiger charge is 2.57. The van der Waals surface area contributed by atoms with E-state index in [1.807, 2.05) is 12.4 Å². The maximum atomic E-state index is 12.1. The number of carbonyl (C=O) groups excluding carboxylic acids is 1. The van der Waals surface area contributed by atoms with Crippen molar-refractivity contribution in [1.82, 2.24) is 4.98 Å². The molecule has 1 aromatic rings. The van der Waals surface area contributed by atoms with Crippen LogP contribution in [0.15, 0.2) is 30.6 Å². The fourth-order valence-corrected chi connectivity index (χ4v) is 7.39. The fraction of sp³-hybridized carbons (Fsp3) is 0.680. The Kier molecular flexibility index (Phi) is 5.58. The van der Waals surface area contributed by atoms with Crippen LogP contribution in [0.5, 0.6) is 0 Å². The number of methoxy groups -OCH3 is 1. The third kappa shape index (κ3) is 3.34. The number of aromatic nitrogens is 1. The predicted octanol–water partition coefficient (Wildman–Crippen LogP) is 4.85. The largest absolute Gasteiger partial charge is 0.469 e. The standard InChI is InChI=1S/C25H36N2O2/c1-24(12-13-26)18(15-23(28)29-3)6-7-19-21-9-8-20(17-5-4-14-27-16-17)25(21,2)11-10-22(19)24/h4-5,8,14,16,18-19,21-22H,6-7,9-13,15,26H2,1-3H3. The first kappa shape index (κ1) is 20.6. The first-order chi connectivity index (χ1) is 13.9. The van der Waals surface area contributed by atoms with Gasteiger partial charge in [-0.3, -0.25) is 9.78 Å². The van der Waals surface area contributed by atoms with Crippen LogP contribution in [0, 0.1) is 34.5 Å². The molecule has 4 heteroatoms. The van der Waals surface area contributed by atoms with Crippen LogP contribution >= 0.6 is 0 Å². The number of pyridine rings is 1. The van der Waals surface area contributed by atoms with Crippen molar-refractivity contribution in [1.29, 1.82) is 0 Å². The Morgan fingerprint density at radius 3 is 2.79 bits per heavy atom. The Balaban J connectivity index is 1.61. The summed E-state index contributed by atoms with van der Waals surface area (Å²) in [4.78, 5) is 16.5. The highest BCUT2D eigenvalue weighted by atomic mass is 16.5. The maximum absolute atomic E-state index is 12.1. The summed E-state index contributed by atoms with van der Waals surface area (Å²) in [6, 6.07) is 4.26. The highest BCUT2D eigenvalue weighted by Crippen LogP contribution is 2.66. The topological polar surface area (TPSA) is 65.2 Å². The number of ether oxygens (including phenoxy) is 1. The van der Waals surface area contributed by atoms with E-state index in [0.717, 1.165) is 12.8 Å². The normalized spacial score (nSPS) is 38.7. The summed E-state index contributed by atoms with van der Waals surface area (Å²) in [6.45, 7) is 5.59. The van der Waals surface area contributed by atoms with E-state index in [1.54, 1.807) is 0 Å². The Bertz CT molecular complexity index is 776. The Morgan fingerprint density at radius 1 is 1.28 bits per heavy atom. The van der Waals surface area contributed by atoms with Crippen molar-refractivity contribution in [3.63, 3.8) is 0 Å². The molecule has 6 unspecified atom stereocenters. The molecule has 0 amide bonds. The molecule has 3 aliphatic rings. The molecule has 0 aromatic carbocycles. The number of hydrogen-bond acceptors (Lipinski definition) is 4. The molecule has 1 aromatic heterocycles. The number of nitrogens with zero attached hydrogens (tertiary/aromatic N) is 1. The molecule has 2 saturated carbocycles. The van der Waals surface area contributed by atoms with Gasteiger partial charge in [-0.25, -0.2) is 0 Å². The Morgan fingerprint density at radius 2 is 2.10 bits per heavy atom. The number of allylic oxidation sites excluding steroid dienone is 2. The van der Waals surface area contributed by atoms with Crippen LogP contribution in [-0.2, 0) is 9.53 Å². The average Bonchev–Trinajstić information content (AvgIpc) is 3.08. The number of rotatable bonds is 5. The molecule has 0 saturated heterocycles. The summed E-state index contributed by atoms with van der Waals surface area (Å²) in [6.07, 6.45) is 13.9. The lowest BCUT2D eigenvalue weighted by molar-refractivity contribution is -0.147. The van der Waals surface area contributed by atoms with E-state index in [4.69, 9.17) is 10.5 Å². The van der Waals surface area contributed by atoms with Gasteiger partial charge in [0.25, 0.3) is 0 Å². The van der Waals surface area contributed by atoms with Gasteiger partial charge in [0.1, 0.15) is 0 Å². The van der Waals surface area contributed by atoms with Gasteiger partial charge in [-0.15, -0.1) is 0 Å². The molecule has 0 bridgehead atoms. The fourth-order valence-electron chi connectivity index (χ4n) is 7.39. The van der Waals surface area contributed by atoms with Gasteiger partial charge in [0.2, 0.25) is 0 Å². The summed E-state index contributed by atoms with van der Waals surface area (Å²) in [5.74, 6) is 2.36. The van der Waals surface area contributed by atoms with E-state index < -0.39 is 0 Å². The third-order valence-corrected chi connectivity index (χ3v) is 8.94. The van der Waals surface area contributed by atoms with Crippen molar-refractivity contribution in [2.24, 2.45) is 40.2 Å². The quantitative estimate of drug-likeness (QED) is 0.723. The van der Waals surface area contributed by atoms with Crippen molar-refractivity contribution < 1.29 is 9.53 Å². The summed E-state index contributed by atoms with van der Waals surface area (Å²) in [7, 11) is 1.50. The second kappa shape index (κ2) is 7.86. The van der Waals surface area contributed by atoms with Crippen LogP contribution in [0.1, 0.15) is 64.4 Å². The molecule has 0 spiro atoms. The van der Waals surface area contributed by atoms with E-state index in [1.165, 1.54) is 43.9 Å². The van der Waals surface area contributed by atoms with Crippen LogP contribution in [0.4, 0.5) is 0 Å². The van der Waals surface area contributed by atoms with Gasteiger partial charge in [0.05, 0.1) is 7.11 Å². The lowest BCUT2D eigenvalue weighted by Gasteiger charge is -2.59. The van der Waals surface area contributed by atoms with Crippen molar-refractivity contribution in [2.45, 2.75) is 58.8 Å². The third-order valence-electron chi connectivity index (χ3n) is 8.94. The van der Waals surface area contributed by atoms with Crippen molar-refractivity contribution in [2.75, 3.05) is 13.7 Å². The summed E-state index contributed by atoms with van der Waals surface area (Å²) >= 11 is 0. The van der Waals surface area contributed by atoms with E-state index in [0.29, 0.717) is 36.6 Å². The Labute approximate surface area is 175 Å². The first-order valence-electron chi connectivity index (χ1n) is 11.3. The van der Waals surface area contributed by atoms with Crippen molar-refractivity contribution >= 4 is 11.5 Å². The highest BCUT2D eigenvalue weighted by molar-refractivity contribution is 5.72. The van der Waals surface area contributed by atoms with Crippen molar-refractivity contribution in [3.05, 3.63) is 36.2 Å². The summed E-state index contributed by atoms with van der Waals surface area (Å²) < 4.78 is 5.02. The zero-order chi connectivity index (χ0) is 20.6. The molecule has 0 radical (unpaired) electrons. The van der Waals surface area contributed by atoms with Crippen LogP contribution in [-0.4, -0.2) is 24.6 Å². The molecule has 3 aliphatic carbocycles. The van der Waals surface area contributed by atoms with Gasteiger partial charge in [0, 0.05) is 18.8 Å². The predicted molar refractivity (Wildman–Crippen MR) is 116 cm³/mol. The average molecular weight is 397 g/mol. The van der Waals surface area contributed by atoms with Crippen LogP contribution in [0.3, 0.4) is 0 Å².